The zero-order valence-electron chi connectivity index (χ0n) is 19.1. The average molecular weight is 469 g/mol. The van der Waals surface area contributed by atoms with Gasteiger partial charge in [0.05, 0.1) is 5.56 Å². The van der Waals surface area contributed by atoms with E-state index < -0.39 is 24.0 Å². The Morgan fingerprint density at radius 1 is 0.943 bits per heavy atom. The zero-order valence-corrected chi connectivity index (χ0v) is 19.1. The van der Waals surface area contributed by atoms with Gasteiger partial charge in [0.25, 0.3) is 0 Å². The number of alkyl carbamates (subject to hydrolysis) is 1. The van der Waals surface area contributed by atoms with Gasteiger partial charge in [-0.05, 0) is 53.4 Å². The summed E-state index contributed by atoms with van der Waals surface area (Å²) in [5, 5.41) is 14.3. The second-order valence-corrected chi connectivity index (χ2v) is 8.03. The van der Waals surface area contributed by atoms with Crippen molar-refractivity contribution in [3.05, 3.63) is 89.5 Å². The van der Waals surface area contributed by atoms with Crippen LogP contribution in [0.3, 0.4) is 0 Å². The van der Waals surface area contributed by atoms with Crippen molar-refractivity contribution < 1.29 is 24.2 Å². The van der Waals surface area contributed by atoms with Gasteiger partial charge in [-0.15, -0.1) is 11.8 Å². The van der Waals surface area contributed by atoms with Crippen molar-refractivity contribution in [2.24, 2.45) is 0 Å². The number of carboxylic acids is 1. The lowest BCUT2D eigenvalue weighted by Gasteiger charge is -2.18. The van der Waals surface area contributed by atoms with Crippen LogP contribution in [0.4, 0.5) is 10.5 Å². The Morgan fingerprint density at radius 2 is 1.54 bits per heavy atom. The normalized spacial score (nSPS) is 12.4. The first-order chi connectivity index (χ1) is 17.0. The van der Waals surface area contributed by atoms with Gasteiger partial charge in [0, 0.05) is 18.0 Å². The Balaban J connectivity index is 1.41. The molecule has 3 aromatic carbocycles. The molecule has 0 radical (unpaired) electrons. The van der Waals surface area contributed by atoms with E-state index in [9.17, 15) is 14.4 Å². The van der Waals surface area contributed by atoms with Crippen molar-refractivity contribution >= 4 is 23.7 Å². The van der Waals surface area contributed by atoms with Gasteiger partial charge in [-0.1, -0.05) is 48.5 Å². The van der Waals surface area contributed by atoms with Crippen LogP contribution in [0.5, 0.6) is 0 Å². The van der Waals surface area contributed by atoms with Crippen molar-refractivity contribution in [3.8, 4) is 23.0 Å². The maximum Gasteiger partial charge on any atom is 0.407 e. The van der Waals surface area contributed by atoms with Gasteiger partial charge in [-0.3, -0.25) is 4.79 Å². The molecule has 1 aliphatic carbocycles. The molecule has 0 bridgehead atoms. The van der Waals surface area contributed by atoms with Crippen LogP contribution >= 0.6 is 0 Å². The van der Waals surface area contributed by atoms with E-state index in [0.717, 1.165) is 22.3 Å². The highest BCUT2D eigenvalue weighted by Crippen LogP contribution is 2.44. The molecule has 0 heterocycles. The Morgan fingerprint density at radius 3 is 2.11 bits per heavy atom. The summed E-state index contributed by atoms with van der Waals surface area (Å²) in [6, 6.07) is 20.9. The van der Waals surface area contributed by atoms with Crippen molar-refractivity contribution in [2.45, 2.75) is 25.3 Å². The van der Waals surface area contributed by atoms with E-state index in [1.54, 1.807) is 6.92 Å². The van der Waals surface area contributed by atoms with Gasteiger partial charge in [-0.25, -0.2) is 9.59 Å². The highest BCUT2D eigenvalue weighted by molar-refractivity contribution is 5.97. The smallest absolute Gasteiger partial charge is 0.407 e. The average Bonchev–Trinajstić information content (AvgIpc) is 3.19. The summed E-state index contributed by atoms with van der Waals surface area (Å²) in [5.41, 5.74) is 4.95. The van der Waals surface area contributed by atoms with E-state index in [0.29, 0.717) is 5.69 Å². The summed E-state index contributed by atoms with van der Waals surface area (Å²) in [5.74, 6) is 3.89. The predicted molar refractivity (Wildman–Crippen MR) is 132 cm³/mol. The molecule has 2 amide bonds. The van der Waals surface area contributed by atoms with Crippen LogP contribution < -0.4 is 10.6 Å². The quantitative estimate of drug-likeness (QED) is 0.438. The molecule has 1 atom stereocenters. The van der Waals surface area contributed by atoms with Gasteiger partial charge >= 0.3 is 12.1 Å². The number of carboxylic acid groups (broad SMARTS) is 1. The first kappa shape index (κ1) is 23.6. The minimum atomic E-state index is -1.06. The standard InChI is InChI=1S/C28H24N2O5/c1-2-3-12-25(26(31)29-19-15-13-18(14-16-19)27(32)33)30-28(34)35-17-24-22-10-6-4-8-20(22)21-9-5-7-11-23(21)24/h4-11,13-16,24-25H,12,17H2,1H3,(H,29,31)(H,30,34)(H,32,33). The molecule has 7 heteroatoms. The lowest BCUT2D eigenvalue weighted by molar-refractivity contribution is -0.118. The fourth-order valence-electron chi connectivity index (χ4n) is 4.12. The fraction of sp³-hybridized carbons (Fsp3) is 0.179. The maximum atomic E-state index is 12.8. The van der Waals surface area contributed by atoms with Crippen LogP contribution in [-0.4, -0.2) is 35.7 Å². The van der Waals surface area contributed by atoms with Gasteiger partial charge in [0.2, 0.25) is 5.91 Å². The molecular formula is C28H24N2O5. The number of ether oxygens (including phenoxy) is 1. The number of benzene rings is 3. The number of hydrogen-bond acceptors (Lipinski definition) is 4. The largest absolute Gasteiger partial charge is 0.478 e. The molecule has 7 nitrogen and oxygen atoms in total. The third-order valence-corrected chi connectivity index (χ3v) is 5.83. The van der Waals surface area contributed by atoms with Crippen LogP contribution in [-0.2, 0) is 9.53 Å². The van der Waals surface area contributed by atoms with Crippen LogP contribution in [0.2, 0.25) is 0 Å². The number of anilines is 1. The van der Waals surface area contributed by atoms with E-state index in [1.165, 1.54) is 24.3 Å². The van der Waals surface area contributed by atoms with Crippen molar-refractivity contribution in [1.82, 2.24) is 5.32 Å². The zero-order chi connectivity index (χ0) is 24.8. The summed E-state index contributed by atoms with van der Waals surface area (Å²) in [7, 11) is 0. The lowest BCUT2D eigenvalue weighted by atomic mass is 9.98. The Bertz CT molecular complexity index is 1280. The SMILES string of the molecule is CC#CCC(NC(=O)OCC1c2ccccc2-c2ccccc21)C(=O)Nc1ccc(C(=O)O)cc1. The first-order valence-electron chi connectivity index (χ1n) is 11.1. The molecule has 3 N–H and O–H groups in total. The Kier molecular flexibility index (Phi) is 7.12. The number of rotatable bonds is 7. The van der Waals surface area contributed by atoms with Gasteiger partial charge in [0.1, 0.15) is 12.6 Å². The molecule has 176 valence electrons. The summed E-state index contributed by atoms with van der Waals surface area (Å²) in [6.07, 6.45) is -0.620. The number of nitrogens with one attached hydrogen (secondary N) is 2. The van der Waals surface area contributed by atoms with E-state index in [-0.39, 0.29) is 24.5 Å². The molecule has 1 unspecified atom stereocenters. The molecule has 0 aliphatic heterocycles. The van der Waals surface area contributed by atoms with Gasteiger partial charge in [-0.2, -0.15) is 0 Å². The summed E-state index contributed by atoms with van der Waals surface area (Å²) >= 11 is 0. The van der Waals surface area contributed by atoms with E-state index in [4.69, 9.17) is 9.84 Å². The van der Waals surface area contributed by atoms with E-state index >= 15 is 0 Å². The predicted octanol–water partition coefficient (Wildman–Crippen LogP) is 4.64. The summed E-state index contributed by atoms with van der Waals surface area (Å²) < 4.78 is 5.55. The van der Waals surface area contributed by atoms with Gasteiger partial charge in [0.15, 0.2) is 0 Å². The topological polar surface area (TPSA) is 105 Å². The minimum absolute atomic E-state index is 0.0939. The number of aromatic carboxylic acids is 1. The molecule has 0 spiro atoms. The molecular weight excluding hydrogens is 444 g/mol. The highest BCUT2D eigenvalue weighted by atomic mass is 16.5. The Hall–Kier alpha value is -4.57. The third-order valence-electron chi connectivity index (χ3n) is 5.83. The van der Waals surface area contributed by atoms with Gasteiger partial charge < -0.3 is 20.5 Å². The minimum Gasteiger partial charge on any atom is -0.478 e. The summed E-state index contributed by atoms with van der Waals surface area (Å²) in [4.78, 5) is 36.5. The van der Waals surface area contributed by atoms with Crippen LogP contribution in [0.25, 0.3) is 11.1 Å². The molecule has 4 rings (SSSR count). The second kappa shape index (κ2) is 10.6. The second-order valence-electron chi connectivity index (χ2n) is 8.03. The van der Waals surface area contributed by atoms with Crippen molar-refractivity contribution in [2.75, 3.05) is 11.9 Å². The molecule has 0 aromatic heterocycles. The fourth-order valence-corrected chi connectivity index (χ4v) is 4.12. The molecule has 1 aliphatic rings. The number of carbonyl (C=O) groups excluding carboxylic acids is 2. The van der Waals surface area contributed by atoms with Crippen molar-refractivity contribution in [1.29, 1.82) is 0 Å². The van der Waals surface area contributed by atoms with Crippen LogP contribution in [0.15, 0.2) is 72.8 Å². The monoisotopic (exact) mass is 468 g/mol. The summed E-state index contributed by atoms with van der Waals surface area (Å²) in [6.45, 7) is 1.78. The number of amides is 2. The molecule has 35 heavy (non-hydrogen) atoms. The lowest BCUT2D eigenvalue weighted by Crippen LogP contribution is -2.44. The van der Waals surface area contributed by atoms with E-state index in [1.807, 2.05) is 36.4 Å². The molecule has 0 saturated carbocycles. The molecule has 0 fully saturated rings. The van der Waals surface area contributed by atoms with Crippen LogP contribution in [0, 0.1) is 11.8 Å². The molecule has 3 aromatic rings. The highest BCUT2D eigenvalue weighted by Gasteiger charge is 2.29. The number of hydrogen-bond donors (Lipinski definition) is 3. The number of fused-ring (bicyclic) bond motifs is 3. The number of carbonyl (C=O) groups is 3. The third kappa shape index (κ3) is 5.33. The van der Waals surface area contributed by atoms with Crippen LogP contribution in [0.1, 0.15) is 40.7 Å². The van der Waals surface area contributed by atoms with Crippen molar-refractivity contribution in [3.63, 3.8) is 0 Å². The van der Waals surface area contributed by atoms with E-state index in [2.05, 4.69) is 34.6 Å². The molecule has 0 saturated heterocycles. The first-order valence-corrected chi connectivity index (χ1v) is 11.1. The Labute approximate surface area is 203 Å². The maximum absolute atomic E-state index is 12.8.